The first-order valence-corrected chi connectivity index (χ1v) is 8.16. The Kier molecular flexibility index (Phi) is 3.99. The van der Waals surface area contributed by atoms with E-state index in [1.807, 2.05) is 0 Å². The third-order valence-corrected chi connectivity index (χ3v) is 4.51. The Morgan fingerprint density at radius 2 is 1.86 bits per heavy atom. The van der Waals surface area contributed by atoms with Gasteiger partial charge in [-0.15, -0.1) is 0 Å². The summed E-state index contributed by atoms with van der Waals surface area (Å²) in [4.78, 5) is 4.86. The predicted molar refractivity (Wildman–Crippen MR) is 89.5 cm³/mol. The number of benzene rings is 1. The van der Waals surface area contributed by atoms with E-state index in [1.54, 1.807) is 0 Å². The van der Waals surface area contributed by atoms with Gasteiger partial charge in [-0.3, -0.25) is 4.98 Å². The summed E-state index contributed by atoms with van der Waals surface area (Å²) in [5.74, 6) is 0. The first kappa shape index (κ1) is 14.5. The summed E-state index contributed by atoms with van der Waals surface area (Å²) >= 11 is 0. The highest BCUT2D eigenvalue weighted by atomic mass is 14.9. The highest BCUT2D eigenvalue weighted by Crippen LogP contribution is 2.26. The van der Waals surface area contributed by atoms with E-state index < -0.39 is 0 Å². The summed E-state index contributed by atoms with van der Waals surface area (Å²) < 4.78 is 0. The fourth-order valence-electron chi connectivity index (χ4n) is 3.16. The van der Waals surface area contributed by atoms with Crippen LogP contribution in [0.1, 0.15) is 57.7 Å². The van der Waals surface area contributed by atoms with Crippen molar-refractivity contribution in [2.24, 2.45) is 0 Å². The smallest absolute Gasteiger partial charge is 0.0708 e. The molecule has 0 amide bonds. The summed E-state index contributed by atoms with van der Waals surface area (Å²) in [6.45, 7) is 7.66. The number of aromatic nitrogens is 1. The lowest BCUT2D eigenvalue weighted by Gasteiger charge is -2.21. The number of fused-ring (bicyclic) bond motifs is 1. The quantitative estimate of drug-likeness (QED) is 0.892. The molecule has 1 aromatic carbocycles. The Morgan fingerprint density at radius 3 is 2.57 bits per heavy atom. The molecule has 3 rings (SSSR count). The number of para-hydroxylation sites is 1. The average Bonchev–Trinajstić information content (AvgIpc) is 2.96. The number of nitrogens with zero attached hydrogens (tertiary/aromatic N) is 1. The van der Waals surface area contributed by atoms with Crippen LogP contribution in [0, 0.1) is 0 Å². The molecule has 112 valence electrons. The molecule has 1 saturated carbocycles. The van der Waals surface area contributed by atoms with E-state index in [2.05, 4.69) is 56.4 Å². The van der Waals surface area contributed by atoms with Crippen molar-refractivity contribution in [1.29, 1.82) is 0 Å². The minimum absolute atomic E-state index is 0.0894. The minimum Gasteiger partial charge on any atom is -0.310 e. The fraction of sp³-hybridized carbons (Fsp3) is 0.526. The number of rotatable bonds is 3. The average molecular weight is 282 g/mol. The Labute approximate surface area is 128 Å². The molecular weight excluding hydrogens is 256 g/mol. The van der Waals surface area contributed by atoms with Crippen LogP contribution in [0.3, 0.4) is 0 Å². The molecule has 0 spiro atoms. The van der Waals surface area contributed by atoms with Crippen molar-refractivity contribution in [2.75, 3.05) is 0 Å². The summed E-state index contributed by atoms with van der Waals surface area (Å²) in [7, 11) is 0. The van der Waals surface area contributed by atoms with Crippen molar-refractivity contribution in [1.82, 2.24) is 10.3 Å². The molecule has 1 N–H and O–H groups in total. The van der Waals surface area contributed by atoms with Gasteiger partial charge >= 0.3 is 0 Å². The van der Waals surface area contributed by atoms with E-state index in [1.165, 1.54) is 42.3 Å². The van der Waals surface area contributed by atoms with Gasteiger partial charge in [-0.05, 0) is 30.5 Å². The van der Waals surface area contributed by atoms with Gasteiger partial charge in [0.15, 0.2) is 0 Å². The largest absolute Gasteiger partial charge is 0.310 e. The van der Waals surface area contributed by atoms with Gasteiger partial charge in [0.25, 0.3) is 0 Å². The number of hydrogen-bond acceptors (Lipinski definition) is 2. The molecular formula is C19H26N2. The zero-order valence-electron chi connectivity index (χ0n) is 13.4. The van der Waals surface area contributed by atoms with Crippen LogP contribution < -0.4 is 5.32 Å². The number of hydrogen-bond donors (Lipinski definition) is 1. The molecule has 0 saturated heterocycles. The van der Waals surface area contributed by atoms with Crippen molar-refractivity contribution in [3.63, 3.8) is 0 Å². The highest BCUT2D eigenvalue weighted by molar-refractivity contribution is 5.82. The van der Waals surface area contributed by atoms with E-state index >= 15 is 0 Å². The summed E-state index contributed by atoms with van der Waals surface area (Å²) in [5, 5.41) is 5.03. The van der Waals surface area contributed by atoms with Gasteiger partial charge in [-0.1, -0.05) is 51.8 Å². The molecule has 0 bridgehead atoms. The van der Waals surface area contributed by atoms with Crippen LogP contribution in [-0.4, -0.2) is 11.0 Å². The molecule has 0 atom stereocenters. The SMILES string of the molecule is CC(C)(C)c1cc(CNC2CCCC2)c2ccccc2n1. The molecule has 1 aliphatic carbocycles. The second-order valence-corrected chi connectivity index (χ2v) is 7.30. The predicted octanol–water partition coefficient (Wildman–Crippen LogP) is 4.56. The third kappa shape index (κ3) is 3.26. The second kappa shape index (κ2) is 5.76. The van der Waals surface area contributed by atoms with Crippen LogP contribution in [0.15, 0.2) is 30.3 Å². The molecule has 1 fully saturated rings. The zero-order chi connectivity index (χ0) is 14.9. The van der Waals surface area contributed by atoms with Gasteiger partial charge in [0.2, 0.25) is 0 Å². The van der Waals surface area contributed by atoms with Gasteiger partial charge in [0.05, 0.1) is 5.52 Å². The Morgan fingerprint density at radius 1 is 1.14 bits per heavy atom. The molecule has 21 heavy (non-hydrogen) atoms. The van der Waals surface area contributed by atoms with Crippen molar-refractivity contribution in [3.8, 4) is 0 Å². The van der Waals surface area contributed by atoms with E-state index in [0.717, 1.165) is 12.1 Å². The molecule has 2 aromatic rings. The summed E-state index contributed by atoms with van der Waals surface area (Å²) in [6.07, 6.45) is 5.41. The van der Waals surface area contributed by atoms with Crippen LogP contribution in [0.2, 0.25) is 0 Å². The Balaban J connectivity index is 1.94. The number of nitrogens with one attached hydrogen (secondary N) is 1. The minimum atomic E-state index is 0.0894. The summed E-state index contributed by atoms with van der Waals surface area (Å²) in [5.41, 5.74) is 3.78. The van der Waals surface area contributed by atoms with Crippen LogP contribution in [0.5, 0.6) is 0 Å². The van der Waals surface area contributed by atoms with Gasteiger partial charge in [-0.2, -0.15) is 0 Å². The molecule has 0 aliphatic heterocycles. The lowest BCUT2D eigenvalue weighted by molar-refractivity contribution is 0.523. The maximum Gasteiger partial charge on any atom is 0.0708 e. The number of pyridine rings is 1. The summed E-state index contributed by atoms with van der Waals surface area (Å²) in [6, 6.07) is 11.5. The second-order valence-electron chi connectivity index (χ2n) is 7.30. The third-order valence-electron chi connectivity index (χ3n) is 4.51. The standard InChI is InChI=1S/C19H26N2/c1-19(2,3)18-12-14(13-20-15-8-4-5-9-15)16-10-6-7-11-17(16)21-18/h6-7,10-12,15,20H,4-5,8-9,13H2,1-3H3. The van der Waals surface area contributed by atoms with Crippen molar-refractivity contribution >= 4 is 10.9 Å². The first-order valence-electron chi connectivity index (χ1n) is 8.16. The first-order chi connectivity index (χ1) is 10.0. The monoisotopic (exact) mass is 282 g/mol. The molecule has 2 nitrogen and oxygen atoms in total. The molecule has 0 radical (unpaired) electrons. The van der Waals surface area contributed by atoms with E-state index in [0.29, 0.717) is 6.04 Å². The van der Waals surface area contributed by atoms with Gasteiger partial charge in [0.1, 0.15) is 0 Å². The topological polar surface area (TPSA) is 24.9 Å². The molecule has 1 aromatic heterocycles. The molecule has 0 unspecified atom stereocenters. The molecule has 1 heterocycles. The zero-order valence-corrected chi connectivity index (χ0v) is 13.4. The van der Waals surface area contributed by atoms with Crippen LogP contribution in [-0.2, 0) is 12.0 Å². The fourth-order valence-corrected chi connectivity index (χ4v) is 3.16. The van der Waals surface area contributed by atoms with Crippen LogP contribution >= 0.6 is 0 Å². The van der Waals surface area contributed by atoms with Crippen LogP contribution in [0.25, 0.3) is 10.9 Å². The maximum absolute atomic E-state index is 4.86. The highest BCUT2D eigenvalue weighted by Gasteiger charge is 2.19. The van der Waals surface area contributed by atoms with Crippen LogP contribution in [0.4, 0.5) is 0 Å². The normalized spacial score (nSPS) is 16.7. The lowest BCUT2D eigenvalue weighted by atomic mass is 9.90. The molecule has 2 heteroatoms. The van der Waals surface area contributed by atoms with E-state index in [9.17, 15) is 0 Å². The van der Waals surface area contributed by atoms with Gasteiger partial charge < -0.3 is 5.32 Å². The lowest BCUT2D eigenvalue weighted by Crippen LogP contribution is -2.26. The van der Waals surface area contributed by atoms with Crippen molar-refractivity contribution in [2.45, 2.75) is 64.5 Å². The van der Waals surface area contributed by atoms with Gasteiger partial charge in [0, 0.05) is 29.1 Å². The van der Waals surface area contributed by atoms with E-state index in [4.69, 9.17) is 4.98 Å². The Bertz CT molecular complexity index is 619. The maximum atomic E-state index is 4.86. The Hall–Kier alpha value is -1.41. The van der Waals surface area contributed by atoms with Crippen molar-refractivity contribution < 1.29 is 0 Å². The van der Waals surface area contributed by atoms with Crippen molar-refractivity contribution in [3.05, 3.63) is 41.6 Å². The van der Waals surface area contributed by atoms with E-state index in [-0.39, 0.29) is 5.41 Å². The molecule has 1 aliphatic rings. The van der Waals surface area contributed by atoms with Gasteiger partial charge in [-0.25, -0.2) is 0 Å².